The highest BCUT2D eigenvalue weighted by Crippen LogP contribution is 2.46. The molecule has 7 heteroatoms. The molecule has 2 saturated carbocycles. The van der Waals surface area contributed by atoms with Crippen molar-refractivity contribution in [2.24, 2.45) is 0 Å². The topological polar surface area (TPSA) is 55.4 Å². The molecule has 0 aromatic rings. The SMILES string of the molecule is CC(C)(C)B1O[C@H](C2COC3(CCCCC3)O2)[C@@H](C2COC3(CCCCC3)O2)O1. The van der Waals surface area contributed by atoms with Gasteiger partial charge in [-0.15, -0.1) is 0 Å². The van der Waals surface area contributed by atoms with E-state index in [1.165, 1.54) is 38.5 Å². The van der Waals surface area contributed by atoms with Crippen molar-refractivity contribution in [2.45, 2.75) is 126 Å². The first-order valence-corrected chi connectivity index (χ1v) is 11.8. The average Bonchev–Trinajstić information content (AvgIpc) is 3.40. The number of rotatable bonds is 2. The summed E-state index contributed by atoms with van der Waals surface area (Å²) in [5.41, 5.74) is 0. The van der Waals surface area contributed by atoms with E-state index in [0.717, 1.165) is 25.7 Å². The van der Waals surface area contributed by atoms with Crippen molar-refractivity contribution in [1.29, 1.82) is 0 Å². The molecule has 6 nitrogen and oxygen atoms in total. The minimum atomic E-state index is -0.408. The lowest BCUT2D eigenvalue weighted by atomic mass is 9.61. The standard InChI is InChI=1S/C22H37BO6/c1-20(2,3)23-28-18(16-14-24-21(26-16)10-6-4-7-11-21)19(29-23)17-15-25-22(27-17)12-8-5-9-13-22/h16-19H,4-15H2,1-3H3/t16?,17?,18-,19-/m1/s1. The summed E-state index contributed by atoms with van der Waals surface area (Å²) in [4.78, 5) is 0. The van der Waals surface area contributed by atoms with Gasteiger partial charge in [0.15, 0.2) is 11.6 Å². The molecular formula is C22H37BO6. The molecule has 2 unspecified atom stereocenters. The van der Waals surface area contributed by atoms with Crippen LogP contribution in [0.2, 0.25) is 5.31 Å². The van der Waals surface area contributed by atoms with Crippen molar-refractivity contribution in [3.8, 4) is 0 Å². The van der Waals surface area contributed by atoms with E-state index in [9.17, 15) is 0 Å². The second-order valence-electron chi connectivity index (χ2n) is 10.8. The van der Waals surface area contributed by atoms with Gasteiger partial charge in [-0.25, -0.2) is 0 Å². The molecule has 3 aliphatic heterocycles. The second kappa shape index (κ2) is 7.75. The summed E-state index contributed by atoms with van der Waals surface area (Å²) in [7, 11) is -0.282. The molecule has 5 aliphatic rings. The molecule has 0 radical (unpaired) electrons. The zero-order valence-electron chi connectivity index (χ0n) is 18.3. The lowest BCUT2D eigenvalue weighted by Gasteiger charge is -2.34. The Bertz CT molecular complexity index is 536. The van der Waals surface area contributed by atoms with Gasteiger partial charge in [0.25, 0.3) is 0 Å². The van der Waals surface area contributed by atoms with Gasteiger partial charge in [-0.2, -0.15) is 0 Å². The summed E-state index contributed by atoms with van der Waals surface area (Å²) in [5.74, 6) is -0.817. The van der Waals surface area contributed by atoms with Crippen LogP contribution in [0.25, 0.3) is 0 Å². The maximum atomic E-state index is 6.54. The van der Waals surface area contributed by atoms with E-state index in [1.54, 1.807) is 0 Å². The zero-order chi connectivity index (χ0) is 20.1. The van der Waals surface area contributed by atoms with Crippen molar-refractivity contribution in [3.63, 3.8) is 0 Å². The number of ether oxygens (including phenoxy) is 4. The van der Waals surface area contributed by atoms with Crippen LogP contribution in [0, 0.1) is 0 Å². The molecule has 2 aliphatic carbocycles. The van der Waals surface area contributed by atoms with Crippen LogP contribution in [-0.4, -0.2) is 56.3 Å². The van der Waals surface area contributed by atoms with Gasteiger partial charge >= 0.3 is 7.12 Å². The normalized spacial score (nSPS) is 39.6. The lowest BCUT2D eigenvalue weighted by Crippen LogP contribution is -2.46. The molecule has 0 amide bonds. The average molecular weight is 408 g/mol. The van der Waals surface area contributed by atoms with Gasteiger partial charge in [0.05, 0.1) is 25.4 Å². The Balaban J connectivity index is 1.32. The predicted octanol–water partition coefficient (Wildman–Crippen LogP) is 4.21. The van der Waals surface area contributed by atoms with Gasteiger partial charge in [-0.1, -0.05) is 33.6 Å². The molecule has 0 bridgehead atoms. The van der Waals surface area contributed by atoms with Gasteiger partial charge in [0.1, 0.15) is 12.2 Å². The van der Waals surface area contributed by atoms with E-state index < -0.39 is 11.6 Å². The van der Waals surface area contributed by atoms with Crippen LogP contribution in [0.5, 0.6) is 0 Å². The molecule has 3 saturated heterocycles. The minimum Gasteiger partial charge on any atom is -0.402 e. The largest absolute Gasteiger partial charge is 0.463 e. The maximum absolute atomic E-state index is 6.54. The first-order chi connectivity index (χ1) is 13.9. The Morgan fingerprint density at radius 3 is 1.45 bits per heavy atom. The van der Waals surface area contributed by atoms with Gasteiger partial charge < -0.3 is 28.3 Å². The van der Waals surface area contributed by atoms with Gasteiger partial charge in [-0.3, -0.25) is 0 Å². The van der Waals surface area contributed by atoms with Crippen molar-refractivity contribution >= 4 is 7.12 Å². The summed E-state index contributed by atoms with van der Waals surface area (Å²) in [6, 6.07) is 0. The molecule has 0 N–H and O–H groups in total. The van der Waals surface area contributed by atoms with E-state index in [1.807, 2.05) is 0 Å². The fourth-order valence-electron chi connectivity index (χ4n) is 5.66. The fourth-order valence-corrected chi connectivity index (χ4v) is 5.66. The highest BCUT2D eigenvalue weighted by Gasteiger charge is 2.58. The van der Waals surface area contributed by atoms with Crippen molar-refractivity contribution in [2.75, 3.05) is 13.2 Å². The van der Waals surface area contributed by atoms with Crippen LogP contribution >= 0.6 is 0 Å². The molecule has 0 aromatic carbocycles. The molecule has 4 atom stereocenters. The fraction of sp³-hybridized carbons (Fsp3) is 1.00. The molecule has 5 rings (SSSR count). The van der Waals surface area contributed by atoms with Gasteiger partial charge in [-0.05, 0) is 31.0 Å². The molecule has 29 heavy (non-hydrogen) atoms. The first-order valence-electron chi connectivity index (χ1n) is 11.8. The maximum Gasteiger partial charge on any atom is 0.463 e. The van der Waals surface area contributed by atoms with Crippen LogP contribution in [0.1, 0.15) is 85.0 Å². The molecule has 164 valence electrons. The second-order valence-corrected chi connectivity index (χ2v) is 10.8. The third-order valence-corrected chi connectivity index (χ3v) is 7.31. The Morgan fingerprint density at radius 1 is 0.655 bits per heavy atom. The summed E-state index contributed by atoms with van der Waals surface area (Å²) >= 11 is 0. The molecule has 2 spiro atoms. The van der Waals surface area contributed by atoms with Gasteiger partial charge in [0.2, 0.25) is 0 Å². The summed E-state index contributed by atoms with van der Waals surface area (Å²) in [5, 5.41) is -0.114. The van der Waals surface area contributed by atoms with E-state index in [0.29, 0.717) is 13.2 Å². The Morgan fingerprint density at radius 2 is 1.07 bits per heavy atom. The van der Waals surface area contributed by atoms with E-state index in [-0.39, 0.29) is 36.8 Å². The van der Waals surface area contributed by atoms with Crippen molar-refractivity contribution in [3.05, 3.63) is 0 Å². The molecular weight excluding hydrogens is 371 g/mol. The van der Waals surface area contributed by atoms with E-state index in [4.69, 9.17) is 28.3 Å². The van der Waals surface area contributed by atoms with E-state index >= 15 is 0 Å². The number of hydrogen-bond donors (Lipinski definition) is 0. The van der Waals surface area contributed by atoms with E-state index in [2.05, 4.69) is 20.8 Å². The smallest absolute Gasteiger partial charge is 0.402 e. The highest BCUT2D eigenvalue weighted by atomic mass is 16.8. The quantitative estimate of drug-likeness (QED) is 0.638. The Kier molecular flexibility index (Phi) is 5.54. The first kappa shape index (κ1) is 20.7. The van der Waals surface area contributed by atoms with Crippen LogP contribution in [-0.2, 0) is 28.3 Å². The summed E-state index contributed by atoms with van der Waals surface area (Å²) in [6.07, 6.45) is 10.6. The minimum absolute atomic E-state index is 0.114. The summed E-state index contributed by atoms with van der Waals surface area (Å²) < 4.78 is 38.5. The molecule has 0 aromatic heterocycles. The molecule has 5 fully saturated rings. The van der Waals surface area contributed by atoms with Crippen LogP contribution in [0.3, 0.4) is 0 Å². The van der Waals surface area contributed by atoms with Crippen LogP contribution in [0.15, 0.2) is 0 Å². The predicted molar refractivity (Wildman–Crippen MR) is 108 cm³/mol. The van der Waals surface area contributed by atoms with Crippen LogP contribution < -0.4 is 0 Å². The Labute approximate surface area is 175 Å². The van der Waals surface area contributed by atoms with Gasteiger partial charge in [0, 0.05) is 25.7 Å². The zero-order valence-corrected chi connectivity index (χ0v) is 18.3. The third kappa shape index (κ3) is 4.03. The molecule has 3 heterocycles. The third-order valence-electron chi connectivity index (χ3n) is 7.31. The highest BCUT2D eigenvalue weighted by molar-refractivity contribution is 6.49. The van der Waals surface area contributed by atoms with Crippen LogP contribution in [0.4, 0.5) is 0 Å². The van der Waals surface area contributed by atoms with Crippen molar-refractivity contribution < 1.29 is 28.3 Å². The summed E-state index contributed by atoms with van der Waals surface area (Å²) in [6.45, 7) is 7.60. The monoisotopic (exact) mass is 408 g/mol. The van der Waals surface area contributed by atoms with Crippen molar-refractivity contribution in [1.82, 2.24) is 0 Å². The Hall–Kier alpha value is -0.175. The number of hydrogen-bond acceptors (Lipinski definition) is 6. The lowest BCUT2D eigenvalue weighted by molar-refractivity contribution is -0.206.